The van der Waals surface area contributed by atoms with Crippen molar-refractivity contribution in [2.45, 2.75) is 13.3 Å². The zero-order chi connectivity index (χ0) is 8.10. The number of pyridine rings is 1. The van der Waals surface area contributed by atoms with Gasteiger partial charge in [0, 0.05) is 18.6 Å². The minimum absolute atomic E-state index is 0. The first kappa shape index (κ1) is 11.1. The number of nitrogens with one attached hydrogen (secondary N) is 1. The molecule has 12 heavy (non-hydrogen) atoms. The summed E-state index contributed by atoms with van der Waals surface area (Å²) in [6, 6.07) is 5.61. The quantitative estimate of drug-likeness (QED) is 0.559. The van der Waals surface area contributed by atoms with Gasteiger partial charge in [-0.2, -0.15) is 0 Å². The fourth-order valence-electron chi connectivity index (χ4n) is 0.696. The molecular weight excluding hydrogens is 220 g/mol. The Kier molecular flexibility index (Phi) is 5.28. The number of hydrogen-bond acceptors (Lipinski definition) is 1. The molecule has 0 unspecified atom stereocenters. The van der Waals surface area contributed by atoms with E-state index in [1.54, 1.807) is 17.1 Å². The number of aromatic nitrogens is 1. The predicted octanol–water partition coefficient (Wildman–Crippen LogP) is -2.54. The molecule has 4 heteroatoms. The first-order valence-electron chi connectivity index (χ1n) is 3.59. The largest absolute Gasteiger partial charge is 1.00 e. The molecule has 1 amide bonds. The molecule has 3 nitrogen and oxygen atoms in total. The third-order valence-corrected chi connectivity index (χ3v) is 1.29. The second-order valence-electron chi connectivity index (χ2n) is 2.17. The highest BCUT2D eigenvalue weighted by Gasteiger charge is 2.01. The van der Waals surface area contributed by atoms with Crippen LogP contribution in [0.5, 0.6) is 0 Å². The van der Waals surface area contributed by atoms with Crippen LogP contribution in [-0.2, 0) is 4.79 Å². The predicted molar refractivity (Wildman–Crippen MR) is 41.3 cm³/mol. The summed E-state index contributed by atoms with van der Waals surface area (Å²) in [5, 5.41) is 0. The van der Waals surface area contributed by atoms with Gasteiger partial charge in [-0.1, -0.05) is 17.7 Å². The fraction of sp³-hybridized carbons (Fsp3) is 0.250. The van der Waals surface area contributed by atoms with Gasteiger partial charge in [0.05, 0.1) is 0 Å². The van der Waals surface area contributed by atoms with E-state index in [-0.39, 0.29) is 22.9 Å². The number of carbonyl (C=O) groups excluding carboxylic acids is 1. The third-order valence-electron chi connectivity index (χ3n) is 1.29. The average Bonchev–Trinajstić information content (AvgIpc) is 2.06. The molecule has 0 aliphatic carbocycles. The van der Waals surface area contributed by atoms with Gasteiger partial charge >= 0.3 is 0 Å². The number of halogens is 1. The van der Waals surface area contributed by atoms with Crippen LogP contribution in [0.3, 0.4) is 0 Å². The van der Waals surface area contributed by atoms with E-state index in [1.807, 2.05) is 25.1 Å². The zero-order valence-corrected chi connectivity index (χ0v) is 8.41. The number of amides is 1. The number of rotatable bonds is 2. The normalized spacial score (nSPS) is 8.42. The Morgan fingerprint density at radius 1 is 1.33 bits per heavy atom. The monoisotopic (exact) mass is 230 g/mol. The zero-order valence-electron chi connectivity index (χ0n) is 6.83. The van der Waals surface area contributed by atoms with Crippen LogP contribution in [0, 0.1) is 0 Å². The summed E-state index contributed by atoms with van der Waals surface area (Å²) in [6.45, 7) is 1.82. The Morgan fingerprint density at radius 3 is 2.42 bits per heavy atom. The van der Waals surface area contributed by atoms with E-state index in [4.69, 9.17) is 0 Å². The number of carbonyl (C=O) groups is 1. The minimum Gasteiger partial charge on any atom is -1.00 e. The van der Waals surface area contributed by atoms with E-state index in [1.165, 1.54) is 0 Å². The molecule has 0 saturated carbocycles. The average molecular weight is 231 g/mol. The van der Waals surface area contributed by atoms with Gasteiger partial charge in [0.1, 0.15) is 0 Å². The lowest BCUT2D eigenvalue weighted by molar-refractivity contribution is -0.642. The van der Waals surface area contributed by atoms with E-state index in [9.17, 15) is 4.79 Å². The van der Waals surface area contributed by atoms with Gasteiger partial charge in [-0.25, -0.2) is 0 Å². The molecule has 0 radical (unpaired) electrons. The molecule has 0 aromatic carbocycles. The second-order valence-corrected chi connectivity index (χ2v) is 2.17. The lowest BCUT2D eigenvalue weighted by Gasteiger charge is -1.93. The number of nitrogens with zero attached hydrogens (tertiary/aromatic N) is 1. The summed E-state index contributed by atoms with van der Waals surface area (Å²) < 4.78 is 1.63. The standard InChI is InChI=1S/C8H10N2O.BrH/c1-2-8(11)9-10-6-4-3-5-7-10;/h3-7H,2H2,1H3;1H. The van der Waals surface area contributed by atoms with Gasteiger partial charge in [-0.3, -0.25) is 4.79 Å². The molecule has 1 N–H and O–H groups in total. The molecular formula is C8H11BrN2O. The minimum atomic E-state index is 0. The first-order valence-corrected chi connectivity index (χ1v) is 3.59. The summed E-state index contributed by atoms with van der Waals surface area (Å²) in [5.74, 6) is 0.0150. The van der Waals surface area contributed by atoms with Crippen LogP contribution in [0.15, 0.2) is 30.6 Å². The first-order chi connectivity index (χ1) is 5.33. The van der Waals surface area contributed by atoms with Crippen LogP contribution in [0.25, 0.3) is 0 Å². The Bertz CT molecular complexity index is 238. The van der Waals surface area contributed by atoms with Crippen molar-refractivity contribution >= 4 is 5.91 Å². The summed E-state index contributed by atoms with van der Waals surface area (Å²) in [7, 11) is 0. The summed E-state index contributed by atoms with van der Waals surface area (Å²) in [6.07, 6.45) is 4.07. The van der Waals surface area contributed by atoms with Gasteiger partial charge < -0.3 is 17.0 Å². The second kappa shape index (κ2) is 5.71. The molecule has 1 heterocycles. The van der Waals surface area contributed by atoms with Crippen molar-refractivity contribution < 1.29 is 26.5 Å². The molecule has 1 aromatic rings. The molecule has 1 rings (SSSR count). The Morgan fingerprint density at radius 2 is 1.92 bits per heavy atom. The van der Waals surface area contributed by atoms with Crippen LogP contribution in [0.4, 0.5) is 0 Å². The maximum Gasteiger partial charge on any atom is 0.274 e. The van der Waals surface area contributed by atoms with Gasteiger partial charge in [-0.15, -0.1) is 5.43 Å². The van der Waals surface area contributed by atoms with Gasteiger partial charge in [0.25, 0.3) is 5.91 Å². The van der Waals surface area contributed by atoms with Crippen molar-refractivity contribution in [3.05, 3.63) is 30.6 Å². The summed E-state index contributed by atoms with van der Waals surface area (Å²) >= 11 is 0. The third kappa shape index (κ3) is 3.48. The van der Waals surface area contributed by atoms with Gasteiger partial charge in [-0.05, 0) is 0 Å². The van der Waals surface area contributed by atoms with Crippen molar-refractivity contribution in [3.63, 3.8) is 0 Å². The van der Waals surface area contributed by atoms with Crippen LogP contribution in [0.1, 0.15) is 13.3 Å². The van der Waals surface area contributed by atoms with Crippen LogP contribution in [-0.4, -0.2) is 5.91 Å². The van der Waals surface area contributed by atoms with Crippen molar-refractivity contribution in [2.75, 3.05) is 5.43 Å². The van der Waals surface area contributed by atoms with E-state index >= 15 is 0 Å². The van der Waals surface area contributed by atoms with Crippen molar-refractivity contribution in [3.8, 4) is 0 Å². The van der Waals surface area contributed by atoms with Crippen LogP contribution < -0.4 is 27.1 Å². The lowest BCUT2D eigenvalue weighted by atomic mass is 10.5. The van der Waals surface area contributed by atoms with Gasteiger partial charge in [0.15, 0.2) is 12.4 Å². The molecule has 1 aromatic heterocycles. The fourth-order valence-corrected chi connectivity index (χ4v) is 0.696. The Hall–Kier alpha value is -0.900. The molecule has 0 spiro atoms. The van der Waals surface area contributed by atoms with Crippen molar-refractivity contribution in [1.29, 1.82) is 0 Å². The maximum absolute atomic E-state index is 10.8. The topological polar surface area (TPSA) is 33.0 Å². The Labute approximate surface area is 82.2 Å². The Balaban J connectivity index is 0.00000121. The highest BCUT2D eigenvalue weighted by molar-refractivity contribution is 5.81. The summed E-state index contributed by atoms with van der Waals surface area (Å²) in [5.41, 5.74) is 2.67. The summed E-state index contributed by atoms with van der Waals surface area (Å²) in [4.78, 5) is 10.8. The maximum atomic E-state index is 10.8. The molecule has 0 aliphatic rings. The smallest absolute Gasteiger partial charge is 0.274 e. The van der Waals surface area contributed by atoms with E-state index in [2.05, 4.69) is 5.43 Å². The number of hydrogen-bond donors (Lipinski definition) is 1. The van der Waals surface area contributed by atoms with E-state index < -0.39 is 0 Å². The molecule has 0 bridgehead atoms. The highest BCUT2D eigenvalue weighted by atomic mass is 79.9. The SMILES string of the molecule is CCC(=O)N[n+]1ccccc1.[Br-]. The van der Waals surface area contributed by atoms with Crippen LogP contribution >= 0.6 is 0 Å². The van der Waals surface area contributed by atoms with Gasteiger partial charge in [0.2, 0.25) is 0 Å². The van der Waals surface area contributed by atoms with Crippen molar-refractivity contribution in [2.24, 2.45) is 0 Å². The molecule has 0 aliphatic heterocycles. The molecule has 0 fully saturated rings. The van der Waals surface area contributed by atoms with Crippen LogP contribution in [0.2, 0.25) is 0 Å². The highest BCUT2D eigenvalue weighted by Crippen LogP contribution is 1.76. The van der Waals surface area contributed by atoms with E-state index in [0.29, 0.717) is 6.42 Å². The van der Waals surface area contributed by atoms with E-state index in [0.717, 1.165) is 0 Å². The van der Waals surface area contributed by atoms with Crippen molar-refractivity contribution in [1.82, 2.24) is 0 Å². The molecule has 66 valence electrons. The molecule has 0 saturated heterocycles. The molecule has 0 atom stereocenters. The lowest BCUT2D eigenvalue weighted by Crippen LogP contribution is -3.00.